The van der Waals surface area contributed by atoms with Crippen LogP contribution in [0.3, 0.4) is 0 Å². The van der Waals surface area contributed by atoms with Crippen molar-refractivity contribution in [3.63, 3.8) is 0 Å². The van der Waals surface area contributed by atoms with Crippen molar-refractivity contribution in [3.8, 4) is 0 Å². The second kappa shape index (κ2) is 10.2. The highest BCUT2D eigenvalue weighted by Crippen LogP contribution is 2.37. The van der Waals surface area contributed by atoms with Crippen LogP contribution in [0.5, 0.6) is 0 Å². The lowest BCUT2D eigenvalue weighted by atomic mass is 9.87. The summed E-state index contributed by atoms with van der Waals surface area (Å²) >= 11 is 1.85. The minimum atomic E-state index is 0.731. The number of thiophene rings is 1. The lowest BCUT2D eigenvalue weighted by Crippen LogP contribution is -2.46. The van der Waals surface area contributed by atoms with Crippen molar-refractivity contribution >= 4 is 23.5 Å². The first kappa shape index (κ1) is 19.4. The number of hydrogen-bond donors (Lipinski definition) is 1. The van der Waals surface area contributed by atoms with Gasteiger partial charge in [0, 0.05) is 10.9 Å². The van der Waals surface area contributed by atoms with E-state index in [9.17, 15) is 0 Å². The molecule has 1 N–H and O–H groups in total. The Morgan fingerprint density at radius 1 is 1.17 bits per heavy atom. The van der Waals surface area contributed by atoms with E-state index in [1.165, 1.54) is 62.3 Å². The molecule has 0 spiro atoms. The Hall–Kier alpha value is -0.900. The molecular formula is C21H34N2S. The largest absolute Gasteiger partial charge is 0.317 e. The van der Waals surface area contributed by atoms with Gasteiger partial charge in [-0.05, 0) is 81.2 Å². The Morgan fingerprint density at radius 3 is 2.42 bits per heavy atom. The molecule has 0 unspecified atom stereocenters. The number of nitrogens with one attached hydrogen (secondary N) is 1. The van der Waals surface area contributed by atoms with Crippen LogP contribution >= 0.6 is 11.3 Å². The summed E-state index contributed by atoms with van der Waals surface area (Å²) in [6.07, 6.45) is 11.7. The van der Waals surface area contributed by atoms with Gasteiger partial charge in [0.15, 0.2) is 0 Å². The van der Waals surface area contributed by atoms with Crippen LogP contribution in [-0.4, -0.2) is 37.1 Å². The second-order valence-electron chi connectivity index (χ2n) is 6.46. The third-order valence-corrected chi connectivity index (χ3v) is 6.21. The van der Waals surface area contributed by atoms with E-state index < -0.39 is 0 Å². The van der Waals surface area contributed by atoms with Gasteiger partial charge in [-0.15, -0.1) is 11.3 Å². The Kier molecular flexibility index (Phi) is 8.23. The average Bonchev–Trinajstić information content (AvgIpc) is 3.07. The number of rotatable bonds is 4. The minimum absolute atomic E-state index is 0.731. The molecule has 24 heavy (non-hydrogen) atoms. The molecule has 0 bridgehead atoms. The molecule has 134 valence electrons. The van der Waals surface area contributed by atoms with Gasteiger partial charge in [0.05, 0.1) is 0 Å². The van der Waals surface area contributed by atoms with E-state index >= 15 is 0 Å². The van der Waals surface area contributed by atoms with Crippen LogP contribution in [0.4, 0.5) is 0 Å². The van der Waals surface area contributed by atoms with Crippen LogP contribution < -0.4 is 5.32 Å². The summed E-state index contributed by atoms with van der Waals surface area (Å²) in [5, 5.41) is 5.85. The number of likely N-dealkylation sites (tertiary alicyclic amines) is 1. The van der Waals surface area contributed by atoms with Crippen molar-refractivity contribution in [3.05, 3.63) is 34.0 Å². The molecule has 0 atom stereocenters. The standard InChI is InChI=1S/C19H28N2S.C2H6/c1-3-5-17-18(14-22-19(17)4-2)15-8-12-21(13-9-15)16-6-10-20-11-7-16;1-2/h3-5,14-16,20H,2,6-13H2,1H3;1-2H3/b5-3-;. The van der Waals surface area contributed by atoms with Gasteiger partial charge < -0.3 is 10.2 Å². The summed E-state index contributed by atoms with van der Waals surface area (Å²) in [6.45, 7) is 15.0. The fraction of sp³-hybridized carbons (Fsp3) is 0.619. The summed E-state index contributed by atoms with van der Waals surface area (Å²) in [5.41, 5.74) is 2.98. The van der Waals surface area contributed by atoms with Crippen molar-refractivity contribution < 1.29 is 0 Å². The zero-order chi connectivity index (χ0) is 17.4. The molecule has 1 aromatic heterocycles. The predicted octanol–water partition coefficient (Wildman–Crippen LogP) is 5.38. The van der Waals surface area contributed by atoms with Gasteiger partial charge in [-0.25, -0.2) is 0 Å². The zero-order valence-electron chi connectivity index (χ0n) is 15.7. The first-order valence-corrected chi connectivity index (χ1v) is 10.5. The Balaban J connectivity index is 0.00000100. The van der Waals surface area contributed by atoms with Crippen molar-refractivity contribution in [2.75, 3.05) is 26.2 Å². The predicted molar refractivity (Wildman–Crippen MR) is 110 cm³/mol. The van der Waals surface area contributed by atoms with Crippen molar-refractivity contribution in [1.29, 1.82) is 0 Å². The van der Waals surface area contributed by atoms with E-state index in [4.69, 9.17) is 0 Å². The SMILES string of the molecule is C=Cc1scc(C2CCN(C3CCNCC3)CC2)c1/C=C\C.CC. The van der Waals surface area contributed by atoms with E-state index in [1.807, 2.05) is 31.3 Å². The third-order valence-electron chi connectivity index (χ3n) is 5.20. The summed E-state index contributed by atoms with van der Waals surface area (Å²) < 4.78 is 0. The maximum atomic E-state index is 3.97. The molecule has 1 aromatic rings. The van der Waals surface area contributed by atoms with Gasteiger partial charge in [-0.3, -0.25) is 0 Å². The average molecular weight is 347 g/mol. The summed E-state index contributed by atoms with van der Waals surface area (Å²) in [7, 11) is 0. The molecule has 2 nitrogen and oxygen atoms in total. The highest BCUT2D eigenvalue weighted by Gasteiger charge is 2.28. The zero-order valence-corrected chi connectivity index (χ0v) is 16.5. The van der Waals surface area contributed by atoms with Crippen molar-refractivity contribution in [2.45, 2.75) is 58.4 Å². The normalized spacial score (nSPS) is 20.8. The fourth-order valence-electron chi connectivity index (χ4n) is 3.96. The van der Waals surface area contributed by atoms with E-state index in [2.05, 4.69) is 41.3 Å². The quantitative estimate of drug-likeness (QED) is 0.787. The highest BCUT2D eigenvalue weighted by molar-refractivity contribution is 7.11. The third kappa shape index (κ3) is 4.59. The molecule has 2 aliphatic heterocycles. The van der Waals surface area contributed by atoms with Gasteiger partial charge in [0.1, 0.15) is 0 Å². The lowest BCUT2D eigenvalue weighted by Gasteiger charge is -2.39. The second-order valence-corrected chi connectivity index (χ2v) is 7.38. The Labute approximate surface area is 152 Å². The van der Waals surface area contributed by atoms with E-state index in [-0.39, 0.29) is 0 Å². The van der Waals surface area contributed by atoms with Gasteiger partial charge in [0.2, 0.25) is 0 Å². The molecule has 2 fully saturated rings. The number of hydrogen-bond acceptors (Lipinski definition) is 3. The van der Waals surface area contributed by atoms with E-state index in [0.717, 1.165) is 12.0 Å². The van der Waals surface area contributed by atoms with Gasteiger partial charge in [-0.2, -0.15) is 0 Å². The van der Waals surface area contributed by atoms with Gasteiger partial charge >= 0.3 is 0 Å². The van der Waals surface area contributed by atoms with Crippen LogP contribution in [0.25, 0.3) is 12.2 Å². The minimum Gasteiger partial charge on any atom is -0.317 e. The molecule has 3 heterocycles. The molecule has 2 aliphatic rings. The van der Waals surface area contributed by atoms with Crippen molar-refractivity contribution in [1.82, 2.24) is 10.2 Å². The first-order chi connectivity index (χ1) is 11.8. The van der Waals surface area contributed by atoms with Crippen LogP contribution in [0, 0.1) is 0 Å². The first-order valence-electron chi connectivity index (χ1n) is 9.64. The van der Waals surface area contributed by atoms with E-state index in [0.29, 0.717) is 0 Å². The maximum absolute atomic E-state index is 3.97. The number of nitrogens with zero attached hydrogens (tertiary/aromatic N) is 1. The fourth-order valence-corrected chi connectivity index (χ4v) is 4.95. The molecule has 0 amide bonds. The molecule has 2 saturated heterocycles. The molecule has 0 aliphatic carbocycles. The monoisotopic (exact) mass is 346 g/mol. The summed E-state index contributed by atoms with van der Waals surface area (Å²) in [4.78, 5) is 4.07. The number of piperidine rings is 2. The van der Waals surface area contributed by atoms with E-state index in [1.54, 1.807) is 5.56 Å². The molecule has 0 aromatic carbocycles. The molecule has 0 saturated carbocycles. The Bertz CT molecular complexity index is 518. The van der Waals surface area contributed by atoms with Crippen molar-refractivity contribution in [2.24, 2.45) is 0 Å². The smallest absolute Gasteiger partial charge is 0.0339 e. The summed E-state index contributed by atoms with van der Waals surface area (Å²) in [5.74, 6) is 0.731. The Morgan fingerprint density at radius 2 is 1.83 bits per heavy atom. The molecule has 0 radical (unpaired) electrons. The number of allylic oxidation sites excluding steroid dienone is 1. The summed E-state index contributed by atoms with van der Waals surface area (Å²) in [6, 6.07) is 0.823. The molecule has 3 heteroatoms. The van der Waals surface area contributed by atoms with Gasteiger partial charge in [-0.1, -0.05) is 38.7 Å². The maximum Gasteiger partial charge on any atom is 0.0339 e. The van der Waals surface area contributed by atoms with Crippen LogP contribution in [0.2, 0.25) is 0 Å². The van der Waals surface area contributed by atoms with Crippen LogP contribution in [0.1, 0.15) is 68.4 Å². The molecule has 3 rings (SSSR count). The topological polar surface area (TPSA) is 15.3 Å². The molecular weight excluding hydrogens is 312 g/mol. The van der Waals surface area contributed by atoms with Gasteiger partial charge in [0.25, 0.3) is 0 Å². The highest BCUT2D eigenvalue weighted by atomic mass is 32.1. The van der Waals surface area contributed by atoms with Crippen LogP contribution in [-0.2, 0) is 0 Å². The van der Waals surface area contributed by atoms with Crippen LogP contribution in [0.15, 0.2) is 18.0 Å². The lowest BCUT2D eigenvalue weighted by molar-refractivity contribution is 0.127.